The molecule has 3 heteroatoms. The summed E-state index contributed by atoms with van der Waals surface area (Å²) in [5.41, 5.74) is 2.22. The average Bonchev–Trinajstić information content (AvgIpc) is 3.12. The first-order valence-corrected chi connectivity index (χ1v) is 5.94. The average molecular weight is 228 g/mol. The van der Waals surface area contributed by atoms with Gasteiger partial charge in [0.2, 0.25) is 5.91 Å². The Hall–Kier alpha value is -1.82. The molecule has 1 aromatic carbocycles. The van der Waals surface area contributed by atoms with E-state index >= 15 is 0 Å². The van der Waals surface area contributed by atoms with Crippen molar-refractivity contribution in [1.29, 1.82) is 5.26 Å². The van der Waals surface area contributed by atoms with Gasteiger partial charge in [-0.2, -0.15) is 5.26 Å². The maximum Gasteiger partial charge on any atom is 0.237 e. The standard InChI is InChI=1S/C14H16N2O/c1-10-2-4-11(5-3-10)8-12(9-15)14(17)16-13-6-7-13/h2-5,12-13H,6-8H2,1H3,(H,16,17). The molecule has 0 bridgehead atoms. The van der Waals surface area contributed by atoms with E-state index in [1.807, 2.05) is 31.2 Å². The maximum absolute atomic E-state index is 11.8. The molecule has 0 spiro atoms. The predicted molar refractivity (Wildman–Crippen MR) is 65.2 cm³/mol. The molecule has 0 aliphatic heterocycles. The third-order valence-corrected chi connectivity index (χ3v) is 2.96. The van der Waals surface area contributed by atoms with Gasteiger partial charge in [0.05, 0.1) is 6.07 Å². The molecular formula is C14H16N2O. The van der Waals surface area contributed by atoms with Crippen LogP contribution in [0.4, 0.5) is 0 Å². The Kier molecular flexibility index (Phi) is 3.43. The molecular weight excluding hydrogens is 212 g/mol. The molecule has 88 valence electrons. The molecule has 1 N–H and O–H groups in total. The first-order chi connectivity index (χ1) is 8.19. The third kappa shape index (κ3) is 3.32. The summed E-state index contributed by atoms with van der Waals surface area (Å²) in [5, 5.41) is 11.9. The van der Waals surface area contributed by atoms with Crippen LogP contribution in [0.25, 0.3) is 0 Å². The van der Waals surface area contributed by atoms with E-state index in [1.165, 1.54) is 5.56 Å². The normalized spacial score (nSPS) is 16.0. The molecule has 2 rings (SSSR count). The monoisotopic (exact) mass is 228 g/mol. The SMILES string of the molecule is Cc1ccc(CC(C#N)C(=O)NC2CC2)cc1. The molecule has 0 radical (unpaired) electrons. The lowest BCUT2D eigenvalue weighted by molar-refractivity contribution is -0.123. The van der Waals surface area contributed by atoms with Gasteiger partial charge < -0.3 is 5.32 Å². The smallest absolute Gasteiger partial charge is 0.237 e. The van der Waals surface area contributed by atoms with Crippen molar-refractivity contribution < 1.29 is 4.79 Å². The van der Waals surface area contributed by atoms with Gasteiger partial charge in [-0.05, 0) is 31.7 Å². The van der Waals surface area contributed by atoms with E-state index in [1.54, 1.807) is 0 Å². The van der Waals surface area contributed by atoms with Gasteiger partial charge in [0.15, 0.2) is 0 Å². The van der Waals surface area contributed by atoms with Crippen molar-refractivity contribution in [3.8, 4) is 6.07 Å². The summed E-state index contributed by atoms with van der Waals surface area (Å²) in [7, 11) is 0. The maximum atomic E-state index is 11.8. The highest BCUT2D eigenvalue weighted by Gasteiger charge is 2.27. The summed E-state index contributed by atoms with van der Waals surface area (Å²) in [4.78, 5) is 11.8. The zero-order valence-electron chi connectivity index (χ0n) is 9.94. The van der Waals surface area contributed by atoms with Crippen LogP contribution in [0, 0.1) is 24.2 Å². The van der Waals surface area contributed by atoms with E-state index in [-0.39, 0.29) is 5.91 Å². The van der Waals surface area contributed by atoms with E-state index in [4.69, 9.17) is 5.26 Å². The molecule has 1 saturated carbocycles. The summed E-state index contributed by atoms with van der Waals surface area (Å²) in [6.07, 6.45) is 2.60. The highest BCUT2D eigenvalue weighted by atomic mass is 16.1. The molecule has 3 nitrogen and oxygen atoms in total. The lowest BCUT2D eigenvalue weighted by atomic mass is 9.99. The fourth-order valence-corrected chi connectivity index (χ4v) is 1.69. The fourth-order valence-electron chi connectivity index (χ4n) is 1.69. The minimum Gasteiger partial charge on any atom is -0.352 e. The number of carbonyl (C=O) groups excluding carboxylic acids is 1. The van der Waals surface area contributed by atoms with Crippen LogP contribution in [-0.2, 0) is 11.2 Å². The Labute approximate surface area is 101 Å². The van der Waals surface area contributed by atoms with Crippen molar-refractivity contribution in [2.24, 2.45) is 5.92 Å². The first-order valence-electron chi connectivity index (χ1n) is 5.94. The van der Waals surface area contributed by atoms with Gasteiger partial charge in [0.25, 0.3) is 0 Å². The van der Waals surface area contributed by atoms with Crippen molar-refractivity contribution in [3.05, 3.63) is 35.4 Å². The Morgan fingerprint density at radius 3 is 2.65 bits per heavy atom. The van der Waals surface area contributed by atoms with Crippen LogP contribution >= 0.6 is 0 Å². The molecule has 0 saturated heterocycles. The molecule has 1 amide bonds. The highest BCUT2D eigenvalue weighted by molar-refractivity contribution is 5.81. The number of carbonyl (C=O) groups is 1. The molecule has 1 aliphatic rings. The van der Waals surface area contributed by atoms with Crippen LogP contribution in [0.5, 0.6) is 0 Å². The topological polar surface area (TPSA) is 52.9 Å². The van der Waals surface area contributed by atoms with Crippen molar-refractivity contribution in [2.75, 3.05) is 0 Å². The van der Waals surface area contributed by atoms with Gasteiger partial charge in [-0.25, -0.2) is 0 Å². The minimum absolute atomic E-state index is 0.129. The zero-order chi connectivity index (χ0) is 12.3. The molecule has 0 aromatic heterocycles. The van der Waals surface area contributed by atoms with Gasteiger partial charge in [0, 0.05) is 6.04 Å². The lowest BCUT2D eigenvalue weighted by Crippen LogP contribution is -2.32. The van der Waals surface area contributed by atoms with E-state index in [0.717, 1.165) is 18.4 Å². The van der Waals surface area contributed by atoms with Crippen molar-refractivity contribution >= 4 is 5.91 Å². The van der Waals surface area contributed by atoms with Crippen LogP contribution < -0.4 is 5.32 Å². The second kappa shape index (κ2) is 5.01. The largest absolute Gasteiger partial charge is 0.352 e. The number of benzene rings is 1. The lowest BCUT2D eigenvalue weighted by Gasteiger charge is -2.09. The number of nitriles is 1. The summed E-state index contributed by atoms with van der Waals surface area (Å²) in [6.45, 7) is 2.02. The Balaban J connectivity index is 1.96. The Bertz CT molecular complexity index is 440. The van der Waals surface area contributed by atoms with Crippen LogP contribution in [0.1, 0.15) is 24.0 Å². The van der Waals surface area contributed by atoms with Crippen molar-refractivity contribution in [1.82, 2.24) is 5.32 Å². The van der Waals surface area contributed by atoms with E-state index in [2.05, 4.69) is 11.4 Å². The summed E-state index contributed by atoms with van der Waals surface area (Å²) < 4.78 is 0. The number of hydrogen-bond acceptors (Lipinski definition) is 2. The second-order valence-corrected chi connectivity index (χ2v) is 4.65. The minimum atomic E-state index is -0.571. The molecule has 1 aliphatic carbocycles. The Morgan fingerprint density at radius 1 is 1.47 bits per heavy atom. The second-order valence-electron chi connectivity index (χ2n) is 4.65. The fraction of sp³-hybridized carbons (Fsp3) is 0.429. The predicted octanol–water partition coefficient (Wildman–Crippen LogP) is 1.96. The molecule has 1 aromatic rings. The number of aryl methyl sites for hydroxylation is 1. The van der Waals surface area contributed by atoms with Gasteiger partial charge in [-0.1, -0.05) is 29.8 Å². The van der Waals surface area contributed by atoms with Gasteiger partial charge in [-0.3, -0.25) is 4.79 Å². The number of nitrogens with zero attached hydrogens (tertiary/aromatic N) is 1. The number of rotatable bonds is 4. The van der Waals surface area contributed by atoms with Gasteiger partial charge in [0.1, 0.15) is 5.92 Å². The number of nitrogens with one attached hydrogen (secondary N) is 1. The summed E-state index contributed by atoms with van der Waals surface area (Å²) in [6, 6.07) is 10.4. The summed E-state index contributed by atoms with van der Waals surface area (Å²) >= 11 is 0. The zero-order valence-corrected chi connectivity index (χ0v) is 9.94. The van der Waals surface area contributed by atoms with Crippen LogP contribution in [0.2, 0.25) is 0 Å². The highest BCUT2D eigenvalue weighted by Crippen LogP contribution is 2.20. The van der Waals surface area contributed by atoms with E-state index in [0.29, 0.717) is 12.5 Å². The number of hydrogen-bond donors (Lipinski definition) is 1. The summed E-state index contributed by atoms with van der Waals surface area (Å²) in [5.74, 6) is -0.700. The molecule has 0 heterocycles. The molecule has 1 unspecified atom stereocenters. The molecule has 1 atom stereocenters. The quantitative estimate of drug-likeness (QED) is 0.856. The van der Waals surface area contributed by atoms with Crippen LogP contribution in [-0.4, -0.2) is 11.9 Å². The molecule has 17 heavy (non-hydrogen) atoms. The third-order valence-electron chi connectivity index (χ3n) is 2.96. The van der Waals surface area contributed by atoms with Gasteiger partial charge in [-0.15, -0.1) is 0 Å². The van der Waals surface area contributed by atoms with Crippen LogP contribution in [0.3, 0.4) is 0 Å². The van der Waals surface area contributed by atoms with E-state index < -0.39 is 5.92 Å². The van der Waals surface area contributed by atoms with Crippen LogP contribution in [0.15, 0.2) is 24.3 Å². The first kappa shape index (κ1) is 11.7. The Morgan fingerprint density at radius 2 is 2.12 bits per heavy atom. The van der Waals surface area contributed by atoms with Crippen molar-refractivity contribution in [2.45, 2.75) is 32.2 Å². The number of amides is 1. The van der Waals surface area contributed by atoms with E-state index in [9.17, 15) is 4.79 Å². The van der Waals surface area contributed by atoms with Gasteiger partial charge >= 0.3 is 0 Å². The molecule has 1 fully saturated rings. The van der Waals surface area contributed by atoms with Crippen molar-refractivity contribution in [3.63, 3.8) is 0 Å².